The van der Waals surface area contributed by atoms with E-state index in [9.17, 15) is 26.4 Å². The number of hydrogen-bond acceptors (Lipinski definition) is 7. The van der Waals surface area contributed by atoms with Crippen molar-refractivity contribution in [3.63, 3.8) is 0 Å². The highest BCUT2D eigenvalue weighted by Gasteiger charge is 2.69. The van der Waals surface area contributed by atoms with Crippen LogP contribution in [-0.4, -0.2) is 49.8 Å². The molecule has 98 valence electrons. The molecule has 0 saturated carbocycles. The molecule has 0 aliphatic carbocycles. The van der Waals surface area contributed by atoms with Gasteiger partial charge in [-0.25, -0.2) is 16.8 Å². The molecule has 0 radical (unpaired) electrons. The second kappa shape index (κ2) is 3.95. The lowest BCUT2D eigenvalue weighted by atomic mass is 10.3. The first-order valence-corrected chi connectivity index (χ1v) is 8.92. The van der Waals surface area contributed by atoms with E-state index >= 15 is 0 Å². The van der Waals surface area contributed by atoms with Crippen molar-refractivity contribution < 1.29 is 26.4 Å². The first kappa shape index (κ1) is 14.5. The Morgan fingerprint density at radius 2 is 1.65 bits per heavy atom. The van der Waals surface area contributed by atoms with Crippen molar-refractivity contribution in [1.29, 1.82) is 0 Å². The van der Waals surface area contributed by atoms with Crippen molar-refractivity contribution in [3.8, 4) is 0 Å². The molecule has 0 bridgehead atoms. The zero-order valence-electron chi connectivity index (χ0n) is 9.25. The molecule has 1 atom stereocenters. The molecule has 7 nitrogen and oxygen atoms in total. The van der Waals surface area contributed by atoms with E-state index in [0.717, 1.165) is 19.4 Å². The van der Waals surface area contributed by atoms with E-state index in [0.29, 0.717) is 0 Å². The van der Waals surface area contributed by atoms with Gasteiger partial charge < -0.3 is 5.32 Å². The lowest BCUT2D eigenvalue weighted by Crippen LogP contribution is -2.69. The smallest absolute Gasteiger partial charge is 0.252 e. The summed E-state index contributed by atoms with van der Waals surface area (Å²) >= 11 is 0.210. The van der Waals surface area contributed by atoms with Crippen LogP contribution in [0.3, 0.4) is 0 Å². The summed E-state index contributed by atoms with van der Waals surface area (Å²) in [7, 11) is -8.15. The van der Waals surface area contributed by atoms with Crippen molar-refractivity contribution >= 4 is 42.5 Å². The average Bonchev–Trinajstić information content (AvgIpc) is 2.05. The molecule has 1 aliphatic heterocycles. The Morgan fingerprint density at radius 3 is 1.88 bits per heavy atom. The Morgan fingerprint density at radius 1 is 1.24 bits per heavy atom. The highest BCUT2D eigenvalue weighted by molar-refractivity contribution is 8.36. The predicted octanol–water partition coefficient (Wildman–Crippen LogP) is -1.49. The highest BCUT2D eigenvalue weighted by atomic mass is 32.3. The first-order chi connectivity index (χ1) is 7.43. The largest absolute Gasteiger partial charge is 0.342 e. The van der Waals surface area contributed by atoms with Crippen molar-refractivity contribution in [2.75, 3.05) is 12.5 Å². The van der Waals surface area contributed by atoms with Gasteiger partial charge in [-0.2, -0.15) is 0 Å². The zero-order chi connectivity index (χ0) is 13.6. The van der Waals surface area contributed by atoms with Gasteiger partial charge in [0.1, 0.15) is 6.04 Å². The first-order valence-electron chi connectivity index (χ1n) is 4.32. The molecule has 0 aromatic rings. The van der Waals surface area contributed by atoms with Gasteiger partial charge in [-0.05, 0) is 11.8 Å². The number of nitrogens with one attached hydrogen (secondary N) is 1. The Kier molecular flexibility index (Phi) is 3.36. The molecule has 17 heavy (non-hydrogen) atoms. The SMILES string of the molecule is CC(=O)NC1C(=O)SC1(S(C)(=O)=O)S(C)(=O)=O. The summed E-state index contributed by atoms with van der Waals surface area (Å²) in [6.07, 6.45) is 1.45. The Hall–Kier alpha value is -0.610. The standard InChI is InChI=1S/C7H11NO6S3/c1-4(9)8-5-6(10)15-7(5,16(2,11)12)17(3,13)14/h5H,1-3H3,(H,8,9). The molecular weight excluding hydrogens is 290 g/mol. The fraction of sp³-hybridized carbons (Fsp3) is 0.714. The molecule has 0 aromatic heterocycles. The summed E-state index contributed by atoms with van der Waals surface area (Å²) in [5, 5.41) is 1.38. The van der Waals surface area contributed by atoms with Gasteiger partial charge in [-0.1, -0.05) is 0 Å². The molecule has 1 unspecified atom stereocenters. The maximum Gasteiger partial charge on any atom is 0.252 e. The van der Waals surface area contributed by atoms with E-state index in [4.69, 9.17) is 0 Å². The summed E-state index contributed by atoms with van der Waals surface area (Å²) in [6, 6.07) is -1.55. The summed E-state index contributed by atoms with van der Waals surface area (Å²) in [5.74, 6) is -0.666. The van der Waals surface area contributed by atoms with Crippen molar-refractivity contribution in [3.05, 3.63) is 0 Å². The number of amides is 1. The Balaban J connectivity index is 3.40. The number of sulfone groups is 2. The molecule has 10 heteroatoms. The minimum atomic E-state index is -4.07. The normalized spacial score (nSPS) is 23.9. The van der Waals surface area contributed by atoms with Gasteiger partial charge in [0.25, 0.3) is 3.41 Å². The lowest BCUT2D eigenvalue weighted by Gasteiger charge is -2.42. The molecule has 1 amide bonds. The third kappa shape index (κ3) is 2.08. The van der Waals surface area contributed by atoms with Crippen molar-refractivity contribution in [2.24, 2.45) is 0 Å². The van der Waals surface area contributed by atoms with Gasteiger partial charge in [0.15, 0.2) is 19.7 Å². The van der Waals surface area contributed by atoms with Gasteiger partial charge in [0.05, 0.1) is 0 Å². The molecule has 1 aliphatic rings. The monoisotopic (exact) mass is 301 g/mol. The second-order valence-corrected chi connectivity index (χ2v) is 10.1. The second-order valence-electron chi connectivity index (χ2n) is 3.70. The molecule has 0 spiro atoms. The van der Waals surface area contributed by atoms with Crippen LogP contribution >= 0.6 is 11.8 Å². The predicted molar refractivity (Wildman–Crippen MR) is 62.6 cm³/mol. The van der Waals surface area contributed by atoms with E-state index in [1.165, 1.54) is 0 Å². The topological polar surface area (TPSA) is 114 Å². The summed E-state index contributed by atoms with van der Waals surface area (Å²) in [4.78, 5) is 22.2. The maximum absolute atomic E-state index is 11.6. The van der Waals surface area contributed by atoms with Crippen LogP contribution in [0.5, 0.6) is 0 Å². The minimum absolute atomic E-state index is 0.210. The van der Waals surface area contributed by atoms with Gasteiger partial charge >= 0.3 is 0 Å². The summed E-state index contributed by atoms with van der Waals surface area (Å²) in [5.41, 5.74) is 0. The molecule has 0 aromatic carbocycles. The van der Waals surface area contributed by atoms with Crippen molar-refractivity contribution in [1.82, 2.24) is 5.32 Å². The molecule has 1 fully saturated rings. The van der Waals surface area contributed by atoms with E-state index in [1.807, 2.05) is 0 Å². The summed E-state index contributed by atoms with van der Waals surface area (Å²) < 4.78 is 44.2. The molecule has 1 heterocycles. The van der Waals surface area contributed by atoms with E-state index in [2.05, 4.69) is 5.32 Å². The molecule has 1 rings (SSSR count). The highest BCUT2D eigenvalue weighted by Crippen LogP contribution is 2.50. The number of rotatable bonds is 3. The average molecular weight is 301 g/mol. The van der Waals surface area contributed by atoms with E-state index < -0.39 is 40.1 Å². The van der Waals surface area contributed by atoms with Crippen LogP contribution in [-0.2, 0) is 29.3 Å². The van der Waals surface area contributed by atoms with Crippen molar-refractivity contribution in [2.45, 2.75) is 16.4 Å². The number of carbonyl (C=O) groups is 2. The van der Waals surface area contributed by atoms with E-state index in [-0.39, 0.29) is 11.8 Å². The van der Waals surface area contributed by atoms with Crippen LogP contribution in [0.4, 0.5) is 0 Å². The number of thioether (sulfide) groups is 1. The Labute approximate surface area is 103 Å². The fourth-order valence-corrected chi connectivity index (χ4v) is 7.52. The Bertz CT molecular complexity index is 543. The van der Waals surface area contributed by atoms with Crippen LogP contribution in [0, 0.1) is 0 Å². The third-order valence-electron chi connectivity index (χ3n) is 2.21. The van der Waals surface area contributed by atoms with E-state index in [1.54, 1.807) is 0 Å². The lowest BCUT2D eigenvalue weighted by molar-refractivity contribution is -0.123. The van der Waals surface area contributed by atoms with Crippen LogP contribution in [0.2, 0.25) is 0 Å². The molecular formula is C7H11NO6S3. The number of carbonyl (C=O) groups excluding carboxylic acids is 2. The number of hydrogen-bond donors (Lipinski definition) is 1. The fourth-order valence-electron chi connectivity index (χ4n) is 1.55. The van der Waals surface area contributed by atoms with Crippen LogP contribution in [0.1, 0.15) is 6.92 Å². The van der Waals surface area contributed by atoms with Gasteiger partial charge in [-0.3, -0.25) is 9.59 Å². The van der Waals surface area contributed by atoms with Gasteiger partial charge in [-0.15, -0.1) is 0 Å². The van der Waals surface area contributed by atoms with Gasteiger partial charge in [0, 0.05) is 19.4 Å². The van der Waals surface area contributed by atoms with Gasteiger partial charge in [0.2, 0.25) is 11.0 Å². The summed E-state index contributed by atoms with van der Waals surface area (Å²) in [6.45, 7) is 1.07. The molecule has 1 saturated heterocycles. The van der Waals surface area contributed by atoms with Crippen LogP contribution in [0.15, 0.2) is 0 Å². The minimum Gasteiger partial charge on any atom is -0.342 e. The third-order valence-corrected chi connectivity index (χ3v) is 9.84. The zero-order valence-corrected chi connectivity index (χ0v) is 11.7. The maximum atomic E-state index is 11.6. The van der Waals surface area contributed by atoms with Crippen LogP contribution < -0.4 is 5.32 Å². The quantitative estimate of drug-likeness (QED) is 0.675. The molecule has 1 N–H and O–H groups in total. The van der Waals surface area contributed by atoms with Crippen LogP contribution in [0.25, 0.3) is 0 Å².